The molecule has 0 aliphatic heterocycles. The summed E-state index contributed by atoms with van der Waals surface area (Å²) in [4.78, 5) is -0.779. The Morgan fingerprint density at radius 1 is 1.39 bits per heavy atom. The highest BCUT2D eigenvalue weighted by molar-refractivity contribution is 7.89. The van der Waals surface area contributed by atoms with E-state index in [0.29, 0.717) is 0 Å². The zero-order valence-electron chi connectivity index (χ0n) is 9.98. The molecule has 0 saturated heterocycles. The molecule has 1 rings (SSSR count). The molecule has 0 fully saturated rings. The second-order valence-electron chi connectivity index (χ2n) is 3.63. The van der Waals surface area contributed by atoms with Gasteiger partial charge in [-0.05, 0) is 12.1 Å². The molecule has 0 radical (unpaired) electrons. The topological polar surface area (TPSA) is 72.6 Å². The first-order valence-electron chi connectivity index (χ1n) is 5.00. The number of likely N-dealkylation sites (N-methyl/N-ethyl adjacent to an activating group) is 1. The highest BCUT2D eigenvalue weighted by Crippen LogP contribution is 2.23. The van der Waals surface area contributed by atoms with Crippen molar-refractivity contribution in [3.05, 3.63) is 23.8 Å². The smallest absolute Gasteiger partial charge is 0.246 e. The highest BCUT2D eigenvalue weighted by atomic mass is 32.2. The molecule has 102 valence electrons. The highest BCUT2D eigenvalue weighted by Gasteiger charge is 2.26. The van der Waals surface area contributed by atoms with E-state index in [1.165, 1.54) is 14.2 Å². The largest absolute Gasteiger partial charge is 0.399 e. The van der Waals surface area contributed by atoms with Gasteiger partial charge in [0.25, 0.3) is 0 Å². The van der Waals surface area contributed by atoms with Crippen LogP contribution in [0.4, 0.5) is 14.5 Å². The first-order chi connectivity index (χ1) is 8.30. The van der Waals surface area contributed by atoms with E-state index >= 15 is 0 Å². The third kappa shape index (κ3) is 2.95. The molecule has 8 heteroatoms. The average molecular weight is 280 g/mol. The molecule has 0 aromatic heterocycles. The molecular weight excluding hydrogens is 266 g/mol. The summed E-state index contributed by atoms with van der Waals surface area (Å²) in [5.74, 6) is -2.73. The lowest BCUT2D eigenvalue weighted by molar-refractivity contribution is 0.185. The third-order valence-electron chi connectivity index (χ3n) is 2.32. The van der Waals surface area contributed by atoms with Crippen LogP contribution in [0, 0.1) is 11.6 Å². The Labute approximate surface area is 104 Å². The second-order valence-corrected chi connectivity index (χ2v) is 5.65. The molecule has 0 aliphatic carbocycles. The fraction of sp³-hybridized carbons (Fsp3) is 0.400. The number of ether oxygens (including phenoxy) is 1. The quantitative estimate of drug-likeness (QED) is 0.810. The number of sulfonamides is 1. The van der Waals surface area contributed by atoms with E-state index in [1.54, 1.807) is 0 Å². The standard InChI is InChI=1S/C10H14F2N2O3S/c1-14(3-4-17-2)18(15,16)9-6-7(13)5-8(11)10(9)12/h5-6H,3-4,13H2,1-2H3. The van der Waals surface area contributed by atoms with Crippen LogP contribution in [0.15, 0.2) is 17.0 Å². The number of nitrogens with zero attached hydrogens (tertiary/aromatic N) is 1. The molecule has 0 heterocycles. The maximum absolute atomic E-state index is 13.5. The Morgan fingerprint density at radius 2 is 2.00 bits per heavy atom. The molecule has 0 amide bonds. The fourth-order valence-corrected chi connectivity index (χ4v) is 2.54. The molecule has 2 N–H and O–H groups in total. The number of methoxy groups -OCH3 is 1. The van der Waals surface area contributed by atoms with Crippen LogP contribution in [0.5, 0.6) is 0 Å². The number of anilines is 1. The van der Waals surface area contributed by atoms with Crippen LogP contribution < -0.4 is 5.73 Å². The summed E-state index contributed by atoms with van der Waals surface area (Å²) in [6.45, 7) is 0.164. The lowest BCUT2D eigenvalue weighted by atomic mass is 10.3. The SMILES string of the molecule is COCCN(C)S(=O)(=O)c1cc(N)cc(F)c1F. The molecule has 0 saturated carbocycles. The molecule has 1 aromatic rings. The van der Waals surface area contributed by atoms with Crippen molar-refractivity contribution in [2.75, 3.05) is 33.0 Å². The Kier molecular flexibility index (Phi) is 4.60. The molecule has 0 bridgehead atoms. The summed E-state index contributed by atoms with van der Waals surface area (Å²) in [7, 11) is -1.48. The van der Waals surface area contributed by atoms with Gasteiger partial charge in [-0.2, -0.15) is 4.31 Å². The number of nitrogens with two attached hydrogens (primary N) is 1. The summed E-state index contributed by atoms with van der Waals surface area (Å²) in [6, 6.07) is 1.61. The van der Waals surface area contributed by atoms with Gasteiger partial charge >= 0.3 is 0 Å². The summed E-state index contributed by atoms with van der Waals surface area (Å²) in [6.07, 6.45) is 0. The van der Waals surface area contributed by atoms with Gasteiger partial charge in [-0.3, -0.25) is 0 Å². The Balaban J connectivity index is 3.20. The summed E-state index contributed by atoms with van der Waals surface area (Å²) < 4.78 is 56.1. The zero-order chi connectivity index (χ0) is 13.9. The van der Waals surface area contributed by atoms with Crippen LogP contribution in [-0.4, -0.2) is 40.0 Å². The van der Waals surface area contributed by atoms with Gasteiger partial charge in [0, 0.05) is 26.4 Å². The lowest BCUT2D eigenvalue weighted by Gasteiger charge is -2.17. The maximum atomic E-state index is 13.5. The Hall–Kier alpha value is -1.25. The van der Waals surface area contributed by atoms with Crippen LogP contribution in [0.25, 0.3) is 0 Å². The Bertz CT molecular complexity index is 534. The number of hydrogen-bond donors (Lipinski definition) is 1. The van der Waals surface area contributed by atoms with Gasteiger partial charge in [0.2, 0.25) is 10.0 Å². The minimum absolute atomic E-state index is 0.0225. The van der Waals surface area contributed by atoms with E-state index in [2.05, 4.69) is 0 Å². The van der Waals surface area contributed by atoms with E-state index in [0.717, 1.165) is 16.4 Å². The predicted octanol–water partition coefficient (Wildman–Crippen LogP) is 0.814. The van der Waals surface area contributed by atoms with Gasteiger partial charge in [0.1, 0.15) is 4.90 Å². The number of hydrogen-bond acceptors (Lipinski definition) is 4. The van der Waals surface area contributed by atoms with Crippen molar-refractivity contribution < 1.29 is 21.9 Å². The van der Waals surface area contributed by atoms with Crippen molar-refractivity contribution >= 4 is 15.7 Å². The molecule has 0 aliphatic rings. The van der Waals surface area contributed by atoms with Crippen molar-refractivity contribution in [3.8, 4) is 0 Å². The van der Waals surface area contributed by atoms with Crippen molar-refractivity contribution in [3.63, 3.8) is 0 Å². The summed E-state index contributed by atoms with van der Waals surface area (Å²) in [5, 5.41) is 0. The first kappa shape index (κ1) is 14.8. The zero-order valence-corrected chi connectivity index (χ0v) is 10.8. The van der Waals surface area contributed by atoms with Gasteiger partial charge in [-0.1, -0.05) is 0 Å². The van der Waals surface area contributed by atoms with Crippen molar-refractivity contribution in [2.24, 2.45) is 0 Å². The van der Waals surface area contributed by atoms with Crippen LogP contribution in [-0.2, 0) is 14.8 Å². The van der Waals surface area contributed by atoms with Crippen molar-refractivity contribution in [1.82, 2.24) is 4.31 Å². The van der Waals surface area contributed by atoms with Crippen LogP contribution in [0.2, 0.25) is 0 Å². The minimum atomic E-state index is -4.13. The summed E-state index contributed by atoms with van der Waals surface area (Å²) >= 11 is 0. The molecule has 0 unspecified atom stereocenters. The normalized spacial score (nSPS) is 12.1. The molecule has 5 nitrogen and oxygen atoms in total. The van der Waals surface area contributed by atoms with E-state index in [1.807, 2.05) is 0 Å². The Morgan fingerprint density at radius 3 is 2.56 bits per heavy atom. The van der Waals surface area contributed by atoms with Crippen molar-refractivity contribution in [2.45, 2.75) is 4.90 Å². The van der Waals surface area contributed by atoms with Gasteiger partial charge in [0.15, 0.2) is 11.6 Å². The molecule has 18 heavy (non-hydrogen) atoms. The predicted molar refractivity (Wildman–Crippen MR) is 62.5 cm³/mol. The first-order valence-corrected chi connectivity index (χ1v) is 6.44. The van der Waals surface area contributed by atoms with Gasteiger partial charge < -0.3 is 10.5 Å². The molecule has 1 aromatic carbocycles. The fourth-order valence-electron chi connectivity index (χ4n) is 1.28. The lowest BCUT2D eigenvalue weighted by Crippen LogP contribution is -2.31. The van der Waals surface area contributed by atoms with Gasteiger partial charge in [-0.25, -0.2) is 17.2 Å². The number of halogens is 2. The number of benzene rings is 1. The molecule has 0 atom stereocenters. The van der Waals surface area contributed by atoms with E-state index in [9.17, 15) is 17.2 Å². The van der Waals surface area contributed by atoms with Crippen LogP contribution >= 0.6 is 0 Å². The number of nitrogen functional groups attached to an aromatic ring is 1. The second kappa shape index (κ2) is 5.59. The average Bonchev–Trinajstić information content (AvgIpc) is 2.30. The van der Waals surface area contributed by atoms with E-state index < -0.39 is 26.6 Å². The van der Waals surface area contributed by atoms with Crippen LogP contribution in [0.3, 0.4) is 0 Å². The minimum Gasteiger partial charge on any atom is -0.399 e. The van der Waals surface area contributed by atoms with Gasteiger partial charge in [-0.15, -0.1) is 0 Å². The summed E-state index contributed by atoms with van der Waals surface area (Å²) in [5.41, 5.74) is 5.15. The third-order valence-corrected chi connectivity index (χ3v) is 4.17. The van der Waals surface area contributed by atoms with Crippen molar-refractivity contribution in [1.29, 1.82) is 0 Å². The van der Waals surface area contributed by atoms with Crippen LogP contribution in [0.1, 0.15) is 0 Å². The molecule has 0 spiro atoms. The van der Waals surface area contributed by atoms with E-state index in [4.69, 9.17) is 10.5 Å². The molecular formula is C10H14F2N2O3S. The monoisotopic (exact) mass is 280 g/mol. The van der Waals surface area contributed by atoms with Gasteiger partial charge in [0.05, 0.1) is 6.61 Å². The maximum Gasteiger partial charge on any atom is 0.246 e. The van der Waals surface area contributed by atoms with E-state index in [-0.39, 0.29) is 18.8 Å². The number of rotatable bonds is 5.